The molecule has 3 fully saturated rings. The zero-order valence-electron chi connectivity index (χ0n) is 67.0. The number of Topliss-reactive ketones (excluding diaryl/α,β-unsaturated/α-hetero) is 1. The van der Waals surface area contributed by atoms with Crippen LogP contribution in [0.2, 0.25) is 5.02 Å². The zero-order valence-corrected chi connectivity index (χ0v) is 67.8. The molecule has 28 heteroatoms. The Bertz CT molecular complexity index is 5850. The first-order chi connectivity index (χ1) is 54.4. The predicted octanol–water partition coefficient (Wildman–Crippen LogP) is 12.4. The third-order valence-corrected chi connectivity index (χ3v) is 21.6. The fourth-order valence-electron chi connectivity index (χ4n) is 13.9. The summed E-state index contributed by atoms with van der Waals surface area (Å²) >= 11 is 6.22. The van der Waals surface area contributed by atoms with Crippen LogP contribution in [0.4, 0.5) is 29.1 Å². The lowest BCUT2D eigenvalue weighted by Gasteiger charge is -2.29. The first kappa shape index (κ1) is 79.9. The zero-order chi connectivity index (χ0) is 81.0. The van der Waals surface area contributed by atoms with Gasteiger partial charge in [-0.2, -0.15) is 20.4 Å². The predicted molar refractivity (Wildman–Crippen MR) is 445 cm³/mol. The van der Waals surface area contributed by atoms with E-state index in [0.29, 0.717) is 107 Å². The number of benzene rings is 4. The lowest BCUT2D eigenvalue weighted by atomic mass is 9.92. The number of aryl methyl sites for hydroxylation is 5. The van der Waals surface area contributed by atoms with Crippen molar-refractivity contribution in [3.8, 4) is 35.5 Å². The van der Waals surface area contributed by atoms with E-state index in [4.69, 9.17) is 48.6 Å². The van der Waals surface area contributed by atoms with Gasteiger partial charge in [-0.05, 0) is 209 Å². The number of rotatable bonds is 10. The molecule has 0 saturated carbocycles. The maximum Gasteiger partial charge on any atom is 0.256 e. The summed E-state index contributed by atoms with van der Waals surface area (Å²) in [4.78, 5) is 71.9. The number of likely N-dealkylation sites (tertiary alicyclic amines) is 3. The Labute approximate surface area is 668 Å². The summed E-state index contributed by atoms with van der Waals surface area (Å²) in [5, 5.41) is 31.4. The van der Waals surface area contributed by atoms with E-state index in [-0.39, 0.29) is 53.0 Å². The molecule has 0 radical (unpaired) electrons. The quantitative estimate of drug-likeness (QED) is 0.0627. The summed E-state index contributed by atoms with van der Waals surface area (Å²) in [6.45, 7) is 26.2. The molecule has 27 nitrogen and oxygen atoms in total. The van der Waals surface area contributed by atoms with E-state index < -0.39 is 0 Å². The van der Waals surface area contributed by atoms with Gasteiger partial charge in [-0.1, -0.05) is 112 Å². The lowest BCUT2D eigenvalue weighted by Crippen LogP contribution is -2.32. The smallest absolute Gasteiger partial charge is 0.256 e. The largest absolute Gasteiger partial charge is 0.383 e. The maximum absolute atomic E-state index is 13.1. The van der Waals surface area contributed by atoms with E-state index in [1.807, 2.05) is 118 Å². The van der Waals surface area contributed by atoms with Crippen LogP contribution in [-0.2, 0) is 24.3 Å². The van der Waals surface area contributed by atoms with Crippen molar-refractivity contribution >= 4 is 91.4 Å². The van der Waals surface area contributed by atoms with Crippen LogP contribution >= 0.6 is 11.6 Å². The van der Waals surface area contributed by atoms with E-state index >= 15 is 0 Å². The van der Waals surface area contributed by atoms with Gasteiger partial charge in [-0.25, -0.2) is 43.9 Å². The molecule has 3 aliphatic heterocycles. The lowest BCUT2D eigenvalue weighted by molar-refractivity contribution is 0.0989. The fourth-order valence-corrected chi connectivity index (χ4v) is 14.1. The molecule has 8 N–H and O–H groups in total. The Kier molecular flexibility index (Phi) is 23.6. The van der Waals surface area contributed by atoms with Crippen LogP contribution in [0.5, 0.6) is 0 Å². The molecule has 3 saturated heterocycles. The topological polar surface area (TPSA) is 338 Å². The van der Waals surface area contributed by atoms with Gasteiger partial charge in [0.2, 0.25) is 0 Å². The Morgan fingerprint density at radius 1 is 0.474 bits per heavy atom. The Morgan fingerprint density at radius 2 is 0.868 bits per heavy atom. The minimum Gasteiger partial charge on any atom is -0.383 e. The minimum absolute atomic E-state index is 0.0115. The molecule has 15 rings (SSSR count). The number of hydrogen-bond acceptors (Lipinski definition) is 21. The van der Waals surface area contributed by atoms with Crippen molar-refractivity contribution in [2.45, 2.75) is 143 Å². The molecule has 0 unspecified atom stereocenters. The van der Waals surface area contributed by atoms with Gasteiger partial charge in [0.15, 0.2) is 28.5 Å². The molecule has 3 aliphatic rings. The molecular formula is C86H96ClN23O4. The third kappa shape index (κ3) is 18.1. The summed E-state index contributed by atoms with van der Waals surface area (Å²) in [6.07, 6.45) is 10.6. The van der Waals surface area contributed by atoms with Gasteiger partial charge in [-0.15, -0.1) is 0 Å². The highest BCUT2D eigenvalue weighted by atomic mass is 35.5. The van der Waals surface area contributed by atoms with Crippen LogP contribution in [0, 0.1) is 63.2 Å². The number of carbonyl (C=O) groups excluding carboxylic acids is 3. The average Bonchev–Trinajstić information content (AvgIpc) is 1.63. The highest BCUT2D eigenvalue weighted by Crippen LogP contribution is 2.34. The number of ketones is 1. The number of halogens is 1. The van der Waals surface area contributed by atoms with Crippen molar-refractivity contribution in [1.29, 1.82) is 0 Å². The van der Waals surface area contributed by atoms with E-state index in [2.05, 4.69) is 143 Å². The standard InChI is InChI=1S/C29H29ClN6O.C29H35N9O.C28H32N8O2/c1-18-4-6-20(15-26(37)22-7-5-19(2)24(30)16-22)14-21(18)8-9-25-27-28(31)32-17-33-29(27)36(34-25)23-10-12-35(3)13-11-23;1-18-7-8-20(28(39)33-24-16-23(29(2,3)4)35-37(24)6)15-19(18)9-10-22-25-26(30)31-17-32-27(25)38(34-22)21-11-13-36(5)14-12-21;1-17-6-7-19(27(37)32-23-15-22(38-34-23)28(2,3)4)14-18(17)8-9-21-24-25(29)30-16-31-26(24)36(33-21)20-10-12-35(5)13-11-20/h4-7,14,16-17,23H,10-13,15H2,1-3H3,(H2,31,32,33);7-8,15-17,21H,11-14H2,1-6H3,(H,33,39)(H2,30,31,32);6-7,14-16,20H,10-13H2,1-5H3,(H2,29,30,31)(H,32,34,37). The fraction of sp³-hybridized carbons (Fsp3) is 0.372. The highest BCUT2D eigenvalue weighted by Gasteiger charge is 2.29. The number of anilines is 5. The number of fused-ring (bicyclic) bond motifs is 3. The van der Waals surface area contributed by atoms with Crippen molar-refractivity contribution in [1.82, 2.24) is 88.9 Å². The Balaban J connectivity index is 0.000000149. The van der Waals surface area contributed by atoms with Gasteiger partial charge in [0, 0.05) is 74.8 Å². The number of nitrogen functional groups attached to an aromatic ring is 3. The van der Waals surface area contributed by atoms with Crippen LogP contribution in [0.3, 0.4) is 0 Å². The second-order valence-electron chi connectivity index (χ2n) is 31.9. The monoisotopic (exact) mass is 1550 g/mol. The van der Waals surface area contributed by atoms with Crippen LogP contribution in [0.1, 0.15) is 202 Å². The molecule has 12 aromatic rings. The molecule has 2 amide bonds. The molecule has 114 heavy (non-hydrogen) atoms. The van der Waals surface area contributed by atoms with E-state index in [1.165, 1.54) is 19.0 Å². The number of carbonyl (C=O) groups is 3. The van der Waals surface area contributed by atoms with Crippen molar-refractivity contribution in [3.05, 3.63) is 199 Å². The van der Waals surface area contributed by atoms with Gasteiger partial charge < -0.3 is 47.1 Å². The van der Waals surface area contributed by atoms with Crippen LogP contribution in [0.15, 0.2) is 108 Å². The number of hydrogen-bond donors (Lipinski definition) is 5. The average molecular weight is 1550 g/mol. The minimum atomic E-state index is -0.295. The SMILES string of the molecule is Cc1ccc(C(=O)Cc2ccc(C)c(C#Cc3nn(C4CCN(C)CC4)c4ncnc(N)c34)c2)cc1Cl.Cc1ccc(C(=O)Nc2cc(C(C)(C)C)nn2C)cc1C#Cc1nn(C2CCN(C)CC2)c2ncnc(N)c12.Cc1ccc(C(=O)Nc2cc(C(C)(C)C)on2)cc1C#Cc1nn(C2CCN(C)CC2)c2ncnc(N)c12. The van der Waals surface area contributed by atoms with E-state index in [0.717, 1.165) is 128 Å². The highest BCUT2D eigenvalue weighted by molar-refractivity contribution is 6.31. The van der Waals surface area contributed by atoms with Crippen LogP contribution in [0.25, 0.3) is 33.1 Å². The van der Waals surface area contributed by atoms with Gasteiger partial charge in [0.05, 0.1) is 40.0 Å². The molecule has 4 aromatic carbocycles. The first-order valence-electron chi connectivity index (χ1n) is 38.2. The Morgan fingerprint density at radius 3 is 1.26 bits per heavy atom. The number of aromatic nitrogens is 15. The van der Waals surface area contributed by atoms with Gasteiger partial charge in [0.1, 0.15) is 65.1 Å². The van der Waals surface area contributed by atoms with Crippen LogP contribution < -0.4 is 27.8 Å². The van der Waals surface area contributed by atoms with Gasteiger partial charge in [0.25, 0.3) is 11.8 Å². The summed E-state index contributed by atoms with van der Waals surface area (Å²) in [7, 11) is 8.21. The molecule has 11 heterocycles. The molecule has 8 aromatic heterocycles. The summed E-state index contributed by atoms with van der Waals surface area (Å²) in [6, 6.07) is 26.6. The van der Waals surface area contributed by atoms with Crippen molar-refractivity contribution in [2.75, 3.05) is 88.2 Å². The van der Waals surface area contributed by atoms with E-state index in [1.54, 1.807) is 41.1 Å². The number of piperidine rings is 3. The van der Waals surface area contributed by atoms with Gasteiger partial charge >= 0.3 is 0 Å². The summed E-state index contributed by atoms with van der Waals surface area (Å²) in [5.41, 5.74) is 31.7. The van der Waals surface area contributed by atoms with Crippen molar-refractivity contribution < 1.29 is 18.9 Å². The number of nitrogens with two attached hydrogens (primary N) is 3. The third-order valence-electron chi connectivity index (χ3n) is 21.1. The molecule has 586 valence electrons. The van der Waals surface area contributed by atoms with Crippen LogP contribution in [-0.4, -0.2) is 167 Å². The first-order valence-corrected chi connectivity index (χ1v) is 38.6. The summed E-state index contributed by atoms with van der Waals surface area (Å²) < 4.78 is 12.9. The Hall–Kier alpha value is -12.2. The molecular weight excluding hydrogens is 1450 g/mol. The van der Waals surface area contributed by atoms with Crippen molar-refractivity contribution in [2.24, 2.45) is 7.05 Å². The van der Waals surface area contributed by atoms with E-state index in [9.17, 15) is 14.4 Å². The normalized spacial score (nSPS) is 14.7. The summed E-state index contributed by atoms with van der Waals surface area (Å²) in [5.74, 6) is 21.6. The second-order valence-corrected chi connectivity index (χ2v) is 32.3. The number of nitrogens with one attached hydrogen (secondary N) is 2. The van der Waals surface area contributed by atoms with Gasteiger partial charge in [-0.3, -0.25) is 19.1 Å². The molecule has 0 aliphatic carbocycles. The molecule has 0 spiro atoms. The molecule has 0 atom stereocenters. The number of amides is 2. The maximum atomic E-state index is 13.1. The molecule has 0 bridgehead atoms. The van der Waals surface area contributed by atoms with Crippen molar-refractivity contribution in [3.63, 3.8) is 0 Å². The number of nitrogens with zero attached hydrogens (tertiary/aromatic N) is 18. The second kappa shape index (κ2) is 33.6.